The van der Waals surface area contributed by atoms with Crippen molar-refractivity contribution in [2.24, 2.45) is 0 Å². The molecule has 0 saturated carbocycles. The Bertz CT molecular complexity index is 830. The van der Waals surface area contributed by atoms with Crippen LogP contribution in [0.15, 0.2) is 24.3 Å². The number of aromatic nitrogens is 1. The summed E-state index contributed by atoms with van der Waals surface area (Å²) < 4.78 is 5.14. The molecule has 1 atom stereocenters. The molecular weight excluding hydrogens is 330 g/mol. The van der Waals surface area contributed by atoms with Crippen molar-refractivity contribution >= 4 is 17.5 Å². The van der Waals surface area contributed by atoms with Gasteiger partial charge in [0.15, 0.2) is 18.2 Å². The Kier molecular flexibility index (Phi) is 6.14. The maximum atomic E-state index is 12.3. The molecule has 2 rings (SSSR count). The van der Waals surface area contributed by atoms with Gasteiger partial charge in [0.1, 0.15) is 5.69 Å². The number of rotatable bonds is 7. The third-order valence-electron chi connectivity index (χ3n) is 4.74. The summed E-state index contributed by atoms with van der Waals surface area (Å²) in [6.45, 7) is 8.77. The number of carbonyl (C=O) groups excluding carboxylic acids is 3. The van der Waals surface area contributed by atoms with Crippen LogP contribution in [-0.4, -0.2) is 29.1 Å². The third-order valence-corrected chi connectivity index (χ3v) is 4.74. The molecular formula is C21H25NO4. The lowest BCUT2D eigenvalue weighted by Gasteiger charge is -2.09. The van der Waals surface area contributed by atoms with Gasteiger partial charge in [-0.3, -0.25) is 9.59 Å². The Morgan fingerprint density at radius 3 is 2.23 bits per heavy atom. The fourth-order valence-corrected chi connectivity index (χ4v) is 3.00. The summed E-state index contributed by atoms with van der Waals surface area (Å²) in [4.78, 5) is 39.0. The lowest BCUT2D eigenvalue weighted by Crippen LogP contribution is -2.15. The van der Waals surface area contributed by atoms with Crippen LogP contribution < -0.4 is 0 Å². The summed E-state index contributed by atoms with van der Waals surface area (Å²) in [7, 11) is 0. The summed E-state index contributed by atoms with van der Waals surface area (Å²) in [5.74, 6) is -0.580. The minimum absolute atomic E-state index is 0.118. The number of ether oxygens (including phenoxy) is 1. The zero-order valence-corrected chi connectivity index (χ0v) is 15.9. The summed E-state index contributed by atoms with van der Waals surface area (Å²) in [6, 6.07) is 7.38. The molecule has 5 heteroatoms. The third kappa shape index (κ3) is 4.10. The van der Waals surface area contributed by atoms with Crippen molar-refractivity contribution in [3.05, 3.63) is 57.9 Å². The van der Waals surface area contributed by atoms with E-state index in [1.54, 1.807) is 26.0 Å². The van der Waals surface area contributed by atoms with Gasteiger partial charge in [-0.05, 0) is 44.2 Å². The number of aryl methyl sites for hydroxylation is 1. The second-order valence-electron chi connectivity index (χ2n) is 6.61. The monoisotopic (exact) mass is 355 g/mol. The van der Waals surface area contributed by atoms with Crippen molar-refractivity contribution in [1.82, 2.24) is 4.98 Å². The van der Waals surface area contributed by atoms with Crippen molar-refractivity contribution < 1.29 is 19.1 Å². The van der Waals surface area contributed by atoms with E-state index in [2.05, 4.69) is 18.8 Å². The van der Waals surface area contributed by atoms with Crippen LogP contribution in [0.3, 0.4) is 0 Å². The van der Waals surface area contributed by atoms with Gasteiger partial charge in [-0.2, -0.15) is 0 Å². The number of benzene rings is 1. The first-order valence-corrected chi connectivity index (χ1v) is 8.76. The molecule has 0 unspecified atom stereocenters. The van der Waals surface area contributed by atoms with Gasteiger partial charge in [0.2, 0.25) is 0 Å². The van der Waals surface area contributed by atoms with E-state index in [4.69, 9.17) is 4.74 Å². The average molecular weight is 355 g/mol. The normalized spacial score (nSPS) is 11.9. The number of hydrogen-bond acceptors (Lipinski definition) is 4. The molecule has 1 aromatic carbocycles. The molecule has 1 heterocycles. The predicted molar refractivity (Wildman–Crippen MR) is 100 cm³/mol. The van der Waals surface area contributed by atoms with Gasteiger partial charge >= 0.3 is 5.97 Å². The molecule has 138 valence electrons. The van der Waals surface area contributed by atoms with Crippen LogP contribution in [0.5, 0.6) is 0 Å². The number of Topliss-reactive ketones (excluding diaryl/α,β-unsaturated/α-hetero) is 2. The van der Waals surface area contributed by atoms with E-state index in [-0.39, 0.29) is 23.9 Å². The van der Waals surface area contributed by atoms with Gasteiger partial charge in [0.05, 0.1) is 0 Å². The number of ketones is 2. The molecule has 0 bridgehead atoms. The molecule has 0 aliphatic carbocycles. The van der Waals surface area contributed by atoms with Crippen LogP contribution in [0.2, 0.25) is 0 Å². The fourth-order valence-electron chi connectivity index (χ4n) is 3.00. The summed E-state index contributed by atoms with van der Waals surface area (Å²) in [5.41, 5.74) is 3.56. The first-order chi connectivity index (χ1) is 12.3. The highest BCUT2D eigenvalue weighted by Gasteiger charge is 2.21. The molecule has 2 aromatic rings. The average Bonchev–Trinajstić information content (AvgIpc) is 2.93. The van der Waals surface area contributed by atoms with Gasteiger partial charge in [-0.15, -0.1) is 0 Å². The molecule has 0 amide bonds. The largest absolute Gasteiger partial charge is 0.453 e. The maximum absolute atomic E-state index is 12.3. The van der Waals surface area contributed by atoms with E-state index in [0.717, 1.165) is 6.42 Å². The number of carbonyl (C=O) groups is 3. The maximum Gasteiger partial charge on any atom is 0.355 e. The Morgan fingerprint density at radius 1 is 1.12 bits per heavy atom. The molecule has 1 N–H and O–H groups in total. The Labute approximate surface area is 153 Å². The molecule has 5 nitrogen and oxygen atoms in total. The topological polar surface area (TPSA) is 76.2 Å². The van der Waals surface area contributed by atoms with Gasteiger partial charge in [-0.25, -0.2) is 4.79 Å². The van der Waals surface area contributed by atoms with Crippen molar-refractivity contribution in [1.29, 1.82) is 0 Å². The first-order valence-electron chi connectivity index (χ1n) is 8.76. The van der Waals surface area contributed by atoms with E-state index in [1.807, 2.05) is 12.1 Å². The lowest BCUT2D eigenvalue weighted by atomic mass is 9.97. The van der Waals surface area contributed by atoms with E-state index < -0.39 is 5.97 Å². The highest BCUT2D eigenvalue weighted by atomic mass is 16.5. The standard InChI is InChI=1S/C21H25NO4/c1-6-12(2)16-7-9-17(10-8-16)18(24)11-26-21(25)20-13(3)19(15(5)23)14(4)22-20/h7-10,12,22H,6,11H2,1-5H3/t12-/m1/s1. The number of aromatic amines is 1. The van der Waals surface area contributed by atoms with Crippen LogP contribution in [0, 0.1) is 13.8 Å². The molecule has 0 aliphatic heterocycles. The summed E-state index contributed by atoms with van der Waals surface area (Å²) in [6.07, 6.45) is 1.03. The van der Waals surface area contributed by atoms with E-state index in [0.29, 0.717) is 28.3 Å². The zero-order valence-electron chi connectivity index (χ0n) is 15.9. The lowest BCUT2D eigenvalue weighted by molar-refractivity contribution is 0.0468. The van der Waals surface area contributed by atoms with Crippen molar-refractivity contribution in [2.75, 3.05) is 6.61 Å². The molecule has 0 spiro atoms. The Hall–Kier alpha value is -2.69. The minimum Gasteiger partial charge on any atom is -0.453 e. The summed E-state index contributed by atoms with van der Waals surface area (Å²) >= 11 is 0. The molecule has 0 saturated heterocycles. The predicted octanol–water partition coefficient (Wildman–Crippen LogP) is 4.39. The number of nitrogens with one attached hydrogen (secondary N) is 1. The highest BCUT2D eigenvalue weighted by molar-refractivity contribution is 6.02. The summed E-state index contributed by atoms with van der Waals surface area (Å²) in [5, 5.41) is 0. The molecule has 1 aromatic heterocycles. The van der Waals surface area contributed by atoms with Crippen molar-refractivity contribution in [3.63, 3.8) is 0 Å². The second kappa shape index (κ2) is 8.13. The Balaban J connectivity index is 2.04. The van der Waals surface area contributed by atoms with Gasteiger partial charge < -0.3 is 9.72 Å². The fraction of sp³-hybridized carbons (Fsp3) is 0.381. The van der Waals surface area contributed by atoms with Crippen LogP contribution in [0.25, 0.3) is 0 Å². The van der Waals surface area contributed by atoms with E-state index in [9.17, 15) is 14.4 Å². The van der Waals surface area contributed by atoms with Crippen molar-refractivity contribution in [3.8, 4) is 0 Å². The number of esters is 1. The highest BCUT2D eigenvalue weighted by Crippen LogP contribution is 2.20. The van der Waals surface area contributed by atoms with E-state index in [1.165, 1.54) is 12.5 Å². The molecule has 0 radical (unpaired) electrons. The molecule has 0 fully saturated rings. The van der Waals surface area contributed by atoms with Crippen LogP contribution in [0.1, 0.15) is 81.1 Å². The van der Waals surface area contributed by atoms with Gasteiger partial charge in [-0.1, -0.05) is 38.1 Å². The molecule has 0 aliphatic rings. The number of H-pyrrole nitrogens is 1. The van der Waals surface area contributed by atoms with Crippen LogP contribution in [0.4, 0.5) is 0 Å². The SMILES string of the molecule is CC[C@@H](C)c1ccc(C(=O)COC(=O)c2[nH]c(C)c(C(C)=O)c2C)cc1. The first kappa shape index (κ1) is 19.6. The second-order valence-corrected chi connectivity index (χ2v) is 6.61. The minimum atomic E-state index is -0.636. The smallest absolute Gasteiger partial charge is 0.355 e. The van der Waals surface area contributed by atoms with Crippen molar-refractivity contribution in [2.45, 2.75) is 47.0 Å². The Morgan fingerprint density at radius 2 is 1.73 bits per heavy atom. The molecule has 26 heavy (non-hydrogen) atoms. The quantitative estimate of drug-likeness (QED) is 0.590. The van der Waals surface area contributed by atoms with Crippen LogP contribution in [-0.2, 0) is 4.74 Å². The number of hydrogen-bond donors (Lipinski definition) is 1. The van der Waals surface area contributed by atoms with E-state index >= 15 is 0 Å². The van der Waals surface area contributed by atoms with Crippen LogP contribution >= 0.6 is 0 Å². The van der Waals surface area contributed by atoms with Gasteiger partial charge in [0.25, 0.3) is 0 Å². The zero-order chi connectivity index (χ0) is 19.4. The van der Waals surface area contributed by atoms with Gasteiger partial charge in [0, 0.05) is 16.8 Å².